The number of imide groups is 1. The zero-order valence-electron chi connectivity index (χ0n) is 16.0. The first-order chi connectivity index (χ1) is 14.5. The molecule has 5 nitrogen and oxygen atoms in total. The Morgan fingerprint density at radius 1 is 0.933 bits per heavy atom. The number of halogens is 1. The molecule has 2 aromatic rings. The fraction of sp³-hybridized carbons (Fsp3) is 0.292. The number of benzene rings is 2. The van der Waals surface area contributed by atoms with E-state index in [1.54, 1.807) is 48.5 Å². The zero-order valence-corrected chi connectivity index (χ0v) is 16.8. The lowest BCUT2D eigenvalue weighted by Crippen LogP contribution is -2.40. The Morgan fingerprint density at radius 2 is 1.60 bits per heavy atom. The second kappa shape index (κ2) is 6.29. The maximum Gasteiger partial charge on any atom is 0.255 e. The van der Waals surface area contributed by atoms with Gasteiger partial charge in [0.25, 0.3) is 5.91 Å². The van der Waals surface area contributed by atoms with Crippen LogP contribution in [0.1, 0.15) is 16.8 Å². The molecule has 6 atom stereocenters. The molecule has 0 radical (unpaired) electrons. The van der Waals surface area contributed by atoms with Crippen LogP contribution in [0.15, 0.2) is 60.7 Å². The summed E-state index contributed by atoms with van der Waals surface area (Å²) in [5.74, 6) is 0.377. The molecule has 2 saturated carbocycles. The summed E-state index contributed by atoms with van der Waals surface area (Å²) in [5.41, 5.74) is 1.34. The number of anilines is 2. The van der Waals surface area contributed by atoms with Gasteiger partial charge in [0.1, 0.15) is 0 Å². The topological polar surface area (TPSA) is 66.5 Å². The Bertz CT molecular complexity index is 1110. The number of rotatable bonds is 3. The second-order valence-corrected chi connectivity index (χ2v) is 9.06. The molecule has 3 amide bonds. The summed E-state index contributed by atoms with van der Waals surface area (Å²) < 4.78 is 0. The van der Waals surface area contributed by atoms with Crippen molar-refractivity contribution in [2.24, 2.45) is 35.5 Å². The average molecular weight is 419 g/mol. The quantitative estimate of drug-likeness (QED) is 0.601. The highest BCUT2D eigenvalue weighted by atomic mass is 35.5. The van der Waals surface area contributed by atoms with Crippen molar-refractivity contribution in [3.8, 4) is 0 Å². The normalized spacial score (nSPS) is 32.8. The molecule has 3 fully saturated rings. The molecule has 7 rings (SSSR count). The van der Waals surface area contributed by atoms with Crippen LogP contribution in [-0.2, 0) is 9.59 Å². The Balaban J connectivity index is 1.30. The van der Waals surface area contributed by atoms with Gasteiger partial charge in [-0.1, -0.05) is 42.0 Å². The Kier molecular flexibility index (Phi) is 3.75. The number of carbonyl (C=O) groups is 3. The van der Waals surface area contributed by atoms with Crippen molar-refractivity contribution in [3.63, 3.8) is 0 Å². The molecule has 0 aromatic heterocycles. The molecule has 1 heterocycles. The fourth-order valence-electron chi connectivity index (χ4n) is 5.75. The van der Waals surface area contributed by atoms with E-state index >= 15 is 0 Å². The number of nitrogens with one attached hydrogen (secondary N) is 1. The molecule has 1 N–H and O–H groups in total. The molecule has 2 bridgehead atoms. The first-order valence-electron chi connectivity index (χ1n) is 10.3. The van der Waals surface area contributed by atoms with Crippen LogP contribution in [0.2, 0.25) is 5.02 Å². The van der Waals surface area contributed by atoms with Crippen LogP contribution in [0.4, 0.5) is 11.4 Å². The molecule has 0 unspecified atom stereocenters. The molecule has 6 heteroatoms. The van der Waals surface area contributed by atoms with E-state index in [2.05, 4.69) is 17.5 Å². The van der Waals surface area contributed by atoms with E-state index in [0.29, 0.717) is 33.8 Å². The third-order valence-corrected chi connectivity index (χ3v) is 7.48. The van der Waals surface area contributed by atoms with Crippen molar-refractivity contribution in [3.05, 3.63) is 71.3 Å². The van der Waals surface area contributed by atoms with Crippen molar-refractivity contribution in [2.75, 3.05) is 10.2 Å². The van der Waals surface area contributed by atoms with E-state index in [0.717, 1.165) is 6.42 Å². The molecular weight excluding hydrogens is 400 g/mol. The number of hydrogen-bond acceptors (Lipinski definition) is 3. The minimum Gasteiger partial charge on any atom is -0.321 e. The Labute approximate surface area is 178 Å². The predicted octanol–water partition coefficient (Wildman–Crippen LogP) is 4.15. The monoisotopic (exact) mass is 418 g/mol. The van der Waals surface area contributed by atoms with Crippen LogP contribution in [0.25, 0.3) is 0 Å². The van der Waals surface area contributed by atoms with Crippen molar-refractivity contribution < 1.29 is 14.4 Å². The van der Waals surface area contributed by atoms with E-state index in [4.69, 9.17) is 11.6 Å². The summed E-state index contributed by atoms with van der Waals surface area (Å²) in [4.78, 5) is 40.6. The van der Waals surface area contributed by atoms with Gasteiger partial charge in [0.15, 0.2) is 0 Å². The van der Waals surface area contributed by atoms with Crippen LogP contribution in [0.3, 0.4) is 0 Å². The van der Waals surface area contributed by atoms with Gasteiger partial charge in [-0.3, -0.25) is 14.4 Å². The number of carbonyl (C=O) groups excluding carboxylic acids is 3. The minimum atomic E-state index is -0.343. The van der Waals surface area contributed by atoms with Crippen molar-refractivity contribution in [1.29, 1.82) is 0 Å². The van der Waals surface area contributed by atoms with E-state index in [1.165, 1.54) is 4.90 Å². The van der Waals surface area contributed by atoms with E-state index < -0.39 is 0 Å². The summed E-state index contributed by atoms with van der Waals surface area (Å²) in [6.45, 7) is 0. The predicted molar refractivity (Wildman–Crippen MR) is 113 cm³/mol. The average Bonchev–Trinajstić information content (AvgIpc) is 3.53. The highest BCUT2D eigenvalue weighted by Crippen LogP contribution is 2.65. The fourth-order valence-corrected chi connectivity index (χ4v) is 5.94. The summed E-state index contributed by atoms with van der Waals surface area (Å²) in [7, 11) is 0. The van der Waals surface area contributed by atoms with Crippen molar-refractivity contribution in [2.45, 2.75) is 6.42 Å². The second-order valence-electron chi connectivity index (χ2n) is 8.65. The highest BCUT2D eigenvalue weighted by Gasteiger charge is 2.67. The van der Waals surface area contributed by atoms with Gasteiger partial charge in [-0.05, 0) is 60.4 Å². The van der Waals surface area contributed by atoms with Crippen LogP contribution in [-0.4, -0.2) is 17.7 Å². The molecule has 150 valence electrons. The number of nitrogens with zero attached hydrogens (tertiary/aromatic N) is 1. The lowest BCUT2D eigenvalue weighted by atomic mass is 9.63. The first-order valence-corrected chi connectivity index (χ1v) is 10.6. The minimum absolute atomic E-state index is 0.127. The SMILES string of the molecule is O=C(Nc1ccccc1Cl)c1cccc(N2C(=O)[C@@H]3[C@H]4C=C[C@H]([C@H]5C[C@H]45)[C@@H]3C2=O)c1. The third kappa shape index (κ3) is 2.45. The van der Waals surface area contributed by atoms with Crippen LogP contribution in [0.5, 0.6) is 0 Å². The zero-order chi connectivity index (χ0) is 20.6. The Hall–Kier alpha value is -2.92. The maximum absolute atomic E-state index is 13.3. The van der Waals surface area contributed by atoms with Gasteiger partial charge in [0.05, 0.1) is 28.2 Å². The standard InChI is InChI=1S/C24H19ClN2O3/c25-18-6-1-2-7-19(18)26-22(28)12-4-3-5-13(10-12)27-23(29)20-14-8-9-15(17-11-16(14)17)21(20)24(27)30/h1-10,14-17,20-21H,11H2,(H,26,28)/t14-,15+,16-,17-,20+,21-/m1/s1. The maximum atomic E-state index is 13.3. The van der Waals surface area contributed by atoms with Crippen molar-refractivity contribution >= 4 is 40.7 Å². The number of allylic oxidation sites excluding steroid dienone is 2. The number of amides is 3. The Morgan fingerprint density at radius 3 is 2.27 bits per heavy atom. The molecule has 5 aliphatic rings. The molecule has 0 spiro atoms. The molecule has 30 heavy (non-hydrogen) atoms. The first kappa shape index (κ1) is 17.9. The van der Waals surface area contributed by atoms with Gasteiger partial charge in [-0.2, -0.15) is 0 Å². The number of hydrogen-bond donors (Lipinski definition) is 1. The molecular formula is C24H19ClN2O3. The molecule has 4 aliphatic carbocycles. The van der Waals surface area contributed by atoms with Gasteiger partial charge in [-0.15, -0.1) is 0 Å². The largest absolute Gasteiger partial charge is 0.321 e. The smallest absolute Gasteiger partial charge is 0.255 e. The lowest BCUT2D eigenvalue weighted by Gasteiger charge is -2.37. The molecule has 1 aliphatic heterocycles. The number of para-hydroxylation sites is 1. The van der Waals surface area contributed by atoms with Crippen molar-refractivity contribution in [1.82, 2.24) is 0 Å². The van der Waals surface area contributed by atoms with Gasteiger partial charge < -0.3 is 5.32 Å². The lowest BCUT2D eigenvalue weighted by molar-refractivity contribution is -0.124. The summed E-state index contributed by atoms with van der Waals surface area (Å²) in [5, 5.41) is 3.23. The van der Waals surface area contributed by atoms with E-state index in [9.17, 15) is 14.4 Å². The van der Waals surface area contributed by atoms with Crippen LogP contribution < -0.4 is 10.2 Å². The summed E-state index contributed by atoms with van der Waals surface area (Å²) >= 11 is 6.13. The summed E-state index contributed by atoms with van der Waals surface area (Å²) in [6, 6.07) is 13.7. The summed E-state index contributed by atoms with van der Waals surface area (Å²) in [6.07, 6.45) is 5.44. The highest BCUT2D eigenvalue weighted by molar-refractivity contribution is 6.34. The van der Waals surface area contributed by atoms with Gasteiger partial charge in [0, 0.05) is 5.56 Å². The van der Waals surface area contributed by atoms with Gasteiger partial charge in [-0.25, -0.2) is 4.90 Å². The molecule has 2 aromatic carbocycles. The van der Waals surface area contributed by atoms with Crippen LogP contribution in [0, 0.1) is 35.5 Å². The van der Waals surface area contributed by atoms with E-state index in [1.807, 2.05) is 0 Å². The molecule has 1 saturated heterocycles. The third-order valence-electron chi connectivity index (χ3n) is 7.15. The van der Waals surface area contributed by atoms with E-state index in [-0.39, 0.29) is 41.4 Å². The van der Waals surface area contributed by atoms with Gasteiger partial charge in [0.2, 0.25) is 11.8 Å². The van der Waals surface area contributed by atoms with Crippen LogP contribution >= 0.6 is 11.6 Å². The van der Waals surface area contributed by atoms with Gasteiger partial charge >= 0.3 is 0 Å².